The Morgan fingerprint density at radius 3 is 2.46 bits per heavy atom. The van der Waals surface area contributed by atoms with Crippen LogP contribution in [0, 0.1) is 0 Å². The first-order chi connectivity index (χ1) is 13.2. The Balaban J connectivity index is 1.54. The number of fused-ring (bicyclic) bond motifs is 1. The predicted octanol–water partition coefficient (Wildman–Crippen LogP) is 2.39. The summed E-state index contributed by atoms with van der Waals surface area (Å²) < 4.78 is 49.4. The number of amides is 1. The number of benzene rings is 2. The van der Waals surface area contributed by atoms with Gasteiger partial charge >= 0.3 is 6.18 Å². The van der Waals surface area contributed by atoms with Crippen molar-refractivity contribution in [2.75, 3.05) is 25.5 Å². The Kier molecular flexibility index (Phi) is 5.79. The van der Waals surface area contributed by atoms with Gasteiger partial charge in [0.1, 0.15) is 13.2 Å². The van der Waals surface area contributed by atoms with Crippen molar-refractivity contribution in [3.63, 3.8) is 0 Å². The van der Waals surface area contributed by atoms with E-state index in [9.17, 15) is 18.0 Å². The highest BCUT2D eigenvalue weighted by atomic mass is 19.4. The monoisotopic (exact) mass is 395 g/mol. The van der Waals surface area contributed by atoms with Crippen LogP contribution < -0.4 is 19.7 Å². The highest BCUT2D eigenvalue weighted by Gasteiger charge is 2.31. The standard InChI is InChI=1S/C20H21F3N2O3/c1-13(19(26)24-15-9-7-14(8-10-15)20(21,22)23)25(2)11-16-12-27-17-5-3-4-6-18(17)28-16/h3-10,13,16H,11-12H2,1-2H3,(H,24,26)/p+1/t13-,16+/m0/s1. The zero-order valence-corrected chi connectivity index (χ0v) is 15.5. The van der Waals surface area contributed by atoms with Gasteiger partial charge in [-0.25, -0.2) is 0 Å². The van der Waals surface area contributed by atoms with Crippen molar-refractivity contribution in [2.45, 2.75) is 25.2 Å². The van der Waals surface area contributed by atoms with E-state index < -0.39 is 17.8 Å². The maximum Gasteiger partial charge on any atom is 0.416 e. The lowest BCUT2D eigenvalue weighted by Gasteiger charge is -2.29. The molecule has 0 aliphatic carbocycles. The molecule has 28 heavy (non-hydrogen) atoms. The van der Waals surface area contributed by atoms with Gasteiger partial charge in [0.05, 0.1) is 12.6 Å². The Labute approximate surface area is 161 Å². The first-order valence-corrected chi connectivity index (χ1v) is 8.93. The van der Waals surface area contributed by atoms with Crippen LogP contribution in [-0.2, 0) is 11.0 Å². The summed E-state index contributed by atoms with van der Waals surface area (Å²) in [6.45, 7) is 2.68. The zero-order valence-electron chi connectivity index (χ0n) is 15.5. The van der Waals surface area contributed by atoms with E-state index >= 15 is 0 Å². The molecule has 1 unspecified atom stereocenters. The van der Waals surface area contributed by atoms with Crippen LogP contribution in [0.1, 0.15) is 12.5 Å². The van der Waals surface area contributed by atoms with E-state index in [4.69, 9.17) is 9.47 Å². The number of likely N-dealkylation sites (N-methyl/N-ethyl adjacent to an activating group) is 1. The number of nitrogens with one attached hydrogen (secondary N) is 2. The van der Waals surface area contributed by atoms with Crippen LogP contribution in [0.15, 0.2) is 48.5 Å². The van der Waals surface area contributed by atoms with Crippen LogP contribution in [-0.4, -0.2) is 38.3 Å². The fourth-order valence-corrected chi connectivity index (χ4v) is 2.92. The molecule has 0 radical (unpaired) electrons. The summed E-state index contributed by atoms with van der Waals surface area (Å²) in [5.74, 6) is 1.09. The first-order valence-electron chi connectivity index (χ1n) is 8.93. The van der Waals surface area contributed by atoms with Gasteiger partial charge in [0.2, 0.25) is 0 Å². The fourth-order valence-electron chi connectivity index (χ4n) is 2.92. The van der Waals surface area contributed by atoms with Crippen molar-refractivity contribution >= 4 is 11.6 Å². The average Bonchev–Trinajstić information content (AvgIpc) is 2.67. The lowest BCUT2D eigenvalue weighted by atomic mass is 10.2. The van der Waals surface area contributed by atoms with Crippen LogP contribution >= 0.6 is 0 Å². The number of carbonyl (C=O) groups excluding carboxylic acids is 1. The lowest BCUT2D eigenvalue weighted by Crippen LogP contribution is -3.15. The van der Waals surface area contributed by atoms with Crippen molar-refractivity contribution < 1.29 is 32.3 Å². The molecule has 150 valence electrons. The molecule has 2 aromatic rings. The Morgan fingerprint density at radius 2 is 1.82 bits per heavy atom. The molecule has 1 amide bonds. The van der Waals surface area contributed by atoms with Gasteiger partial charge < -0.3 is 19.7 Å². The third kappa shape index (κ3) is 4.75. The molecule has 0 bridgehead atoms. The van der Waals surface area contributed by atoms with E-state index in [-0.39, 0.29) is 12.0 Å². The fraction of sp³-hybridized carbons (Fsp3) is 0.350. The highest BCUT2D eigenvalue weighted by molar-refractivity contribution is 5.93. The number of para-hydroxylation sites is 2. The Morgan fingerprint density at radius 1 is 1.18 bits per heavy atom. The third-order valence-electron chi connectivity index (χ3n) is 4.73. The third-order valence-corrected chi connectivity index (χ3v) is 4.73. The molecule has 0 spiro atoms. The van der Waals surface area contributed by atoms with Crippen molar-refractivity contribution in [3.8, 4) is 11.5 Å². The number of carbonyl (C=O) groups is 1. The van der Waals surface area contributed by atoms with Gasteiger partial charge in [0.25, 0.3) is 5.91 Å². The van der Waals surface area contributed by atoms with E-state index in [0.717, 1.165) is 17.0 Å². The number of rotatable bonds is 5. The van der Waals surface area contributed by atoms with Gasteiger partial charge in [-0.2, -0.15) is 13.2 Å². The normalized spacial score (nSPS) is 18.2. The van der Waals surface area contributed by atoms with Crippen molar-refractivity contribution in [2.24, 2.45) is 0 Å². The summed E-state index contributed by atoms with van der Waals surface area (Å²) >= 11 is 0. The molecule has 1 heterocycles. The van der Waals surface area contributed by atoms with Crippen LogP contribution in [0.4, 0.5) is 18.9 Å². The van der Waals surface area contributed by atoms with E-state index in [1.807, 2.05) is 31.3 Å². The molecule has 0 fully saturated rings. The Hall–Kier alpha value is -2.74. The van der Waals surface area contributed by atoms with E-state index in [1.165, 1.54) is 12.1 Å². The first kappa shape index (κ1) is 20.0. The van der Waals surface area contributed by atoms with Gasteiger partial charge in [-0.1, -0.05) is 12.1 Å². The number of anilines is 1. The van der Waals surface area contributed by atoms with Gasteiger partial charge in [-0.3, -0.25) is 4.79 Å². The van der Waals surface area contributed by atoms with Crippen LogP contribution in [0.5, 0.6) is 11.5 Å². The molecular formula is C20H22F3N2O3+. The molecule has 5 nitrogen and oxygen atoms in total. The molecule has 0 aromatic heterocycles. The van der Waals surface area contributed by atoms with Gasteiger partial charge in [0, 0.05) is 5.69 Å². The summed E-state index contributed by atoms with van der Waals surface area (Å²) in [5.41, 5.74) is -0.431. The van der Waals surface area contributed by atoms with Crippen LogP contribution in [0.25, 0.3) is 0 Å². The number of hydrogen-bond acceptors (Lipinski definition) is 3. The quantitative estimate of drug-likeness (QED) is 0.818. The average molecular weight is 395 g/mol. The minimum Gasteiger partial charge on any atom is -0.486 e. The minimum atomic E-state index is -4.40. The summed E-state index contributed by atoms with van der Waals surface area (Å²) in [6, 6.07) is 11.4. The molecule has 1 aliphatic rings. The lowest BCUT2D eigenvalue weighted by molar-refractivity contribution is -0.896. The molecule has 2 aromatic carbocycles. The number of hydrogen-bond donors (Lipinski definition) is 2. The van der Waals surface area contributed by atoms with Gasteiger partial charge in [-0.05, 0) is 43.3 Å². The SMILES string of the molecule is C[C@@H](C(=O)Nc1ccc(C(F)(F)F)cc1)[NH+](C)C[C@@H]1COc2ccccc2O1. The second-order valence-electron chi connectivity index (χ2n) is 6.83. The maximum atomic E-state index is 12.6. The molecule has 0 saturated heterocycles. The minimum absolute atomic E-state index is 0.198. The number of alkyl halides is 3. The molecule has 3 atom stereocenters. The number of halogens is 3. The van der Waals surface area contributed by atoms with E-state index in [2.05, 4.69) is 5.32 Å². The van der Waals surface area contributed by atoms with Crippen molar-refractivity contribution in [1.82, 2.24) is 0 Å². The summed E-state index contributed by atoms with van der Waals surface area (Å²) in [7, 11) is 1.86. The number of ether oxygens (including phenoxy) is 2. The van der Waals surface area contributed by atoms with Crippen LogP contribution in [0.2, 0.25) is 0 Å². The molecule has 0 saturated carbocycles. The molecule has 8 heteroatoms. The molecule has 1 aliphatic heterocycles. The predicted molar refractivity (Wildman–Crippen MR) is 97.6 cm³/mol. The Bertz CT molecular complexity index is 824. The smallest absolute Gasteiger partial charge is 0.416 e. The van der Waals surface area contributed by atoms with E-state index in [0.29, 0.717) is 30.3 Å². The van der Waals surface area contributed by atoms with Gasteiger partial charge in [-0.15, -0.1) is 0 Å². The van der Waals surface area contributed by atoms with Crippen LogP contribution in [0.3, 0.4) is 0 Å². The summed E-state index contributed by atoms with van der Waals surface area (Å²) in [4.78, 5) is 13.3. The highest BCUT2D eigenvalue weighted by Crippen LogP contribution is 2.31. The second-order valence-corrected chi connectivity index (χ2v) is 6.83. The molecular weight excluding hydrogens is 373 g/mol. The van der Waals surface area contributed by atoms with Gasteiger partial charge in [0.15, 0.2) is 23.6 Å². The van der Waals surface area contributed by atoms with Crippen molar-refractivity contribution in [3.05, 3.63) is 54.1 Å². The largest absolute Gasteiger partial charge is 0.486 e. The number of quaternary nitrogens is 1. The topological polar surface area (TPSA) is 52.0 Å². The maximum absolute atomic E-state index is 12.6. The molecule has 3 rings (SSSR count). The summed E-state index contributed by atoms with van der Waals surface area (Å²) in [5, 5.41) is 2.65. The zero-order chi connectivity index (χ0) is 20.3. The molecule has 2 N–H and O–H groups in total. The summed E-state index contributed by atoms with van der Waals surface area (Å²) in [6.07, 6.45) is -4.60. The van der Waals surface area contributed by atoms with E-state index in [1.54, 1.807) is 6.92 Å². The van der Waals surface area contributed by atoms with Crippen molar-refractivity contribution in [1.29, 1.82) is 0 Å². The second kappa shape index (κ2) is 8.10.